The van der Waals surface area contributed by atoms with E-state index in [0.717, 1.165) is 12.1 Å². The second kappa shape index (κ2) is 6.32. The fraction of sp³-hybridized carbons (Fsp3) is 0.357. The molecule has 0 saturated heterocycles. The molecular formula is C14H15F3N2O3S. The second-order valence-corrected chi connectivity index (χ2v) is 6.88. The highest BCUT2D eigenvalue weighted by molar-refractivity contribution is 7.92. The fourth-order valence-corrected chi connectivity index (χ4v) is 2.91. The molecule has 0 aliphatic rings. The first-order valence-corrected chi connectivity index (χ1v) is 8.24. The summed E-state index contributed by atoms with van der Waals surface area (Å²) in [5.74, 6) is 0.372. The number of hydrogen-bond donors (Lipinski definition) is 1. The van der Waals surface area contributed by atoms with Gasteiger partial charge in [-0.05, 0) is 24.1 Å². The lowest BCUT2D eigenvalue weighted by Crippen LogP contribution is -2.23. The Kier molecular flexibility index (Phi) is 4.81. The van der Waals surface area contributed by atoms with Crippen LogP contribution in [0.2, 0.25) is 0 Å². The van der Waals surface area contributed by atoms with Crippen molar-refractivity contribution in [3.63, 3.8) is 0 Å². The van der Waals surface area contributed by atoms with Crippen LogP contribution in [0.5, 0.6) is 0 Å². The summed E-state index contributed by atoms with van der Waals surface area (Å²) >= 11 is 0. The number of alkyl halides is 3. The van der Waals surface area contributed by atoms with E-state index < -0.39 is 26.3 Å². The van der Waals surface area contributed by atoms with Crippen LogP contribution >= 0.6 is 0 Å². The van der Waals surface area contributed by atoms with Gasteiger partial charge in [0.15, 0.2) is 0 Å². The van der Waals surface area contributed by atoms with Gasteiger partial charge in [0.25, 0.3) is 9.84 Å². The fourth-order valence-electron chi connectivity index (χ4n) is 2.08. The van der Waals surface area contributed by atoms with Crippen molar-refractivity contribution >= 4 is 9.84 Å². The molecule has 0 aliphatic carbocycles. The smallest absolute Gasteiger partial charge is 0.385 e. The first kappa shape index (κ1) is 17.5. The summed E-state index contributed by atoms with van der Waals surface area (Å²) in [7, 11) is -5.38. The van der Waals surface area contributed by atoms with Crippen LogP contribution < -0.4 is 0 Å². The lowest BCUT2D eigenvalue weighted by Gasteiger charge is -2.13. The molecule has 1 N–H and O–H groups in total. The van der Waals surface area contributed by atoms with Crippen molar-refractivity contribution in [2.45, 2.75) is 36.4 Å². The molecule has 23 heavy (non-hydrogen) atoms. The summed E-state index contributed by atoms with van der Waals surface area (Å²) in [5, 5.41) is 9.84. The van der Waals surface area contributed by atoms with Gasteiger partial charge in [-0.3, -0.25) is 0 Å². The Labute approximate surface area is 131 Å². The predicted molar refractivity (Wildman–Crippen MR) is 76.3 cm³/mol. The number of aromatic nitrogens is 2. The largest absolute Gasteiger partial charge is 0.501 e. The minimum absolute atomic E-state index is 0.105. The molecule has 0 bridgehead atoms. The van der Waals surface area contributed by atoms with Crippen LogP contribution in [0.1, 0.15) is 30.8 Å². The van der Waals surface area contributed by atoms with E-state index in [1.54, 1.807) is 17.7 Å². The molecule has 0 aliphatic heterocycles. The van der Waals surface area contributed by atoms with Crippen LogP contribution in [-0.4, -0.2) is 28.6 Å². The topological polar surface area (TPSA) is 72.2 Å². The highest BCUT2D eigenvalue weighted by atomic mass is 32.2. The average molecular weight is 348 g/mol. The van der Waals surface area contributed by atoms with Crippen molar-refractivity contribution in [2.24, 2.45) is 0 Å². The third kappa shape index (κ3) is 3.56. The van der Waals surface area contributed by atoms with E-state index >= 15 is 0 Å². The predicted octanol–water partition coefficient (Wildman–Crippen LogP) is 2.67. The molecule has 1 atom stereocenters. The quantitative estimate of drug-likeness (QED) is 0.902. The molecule has 126 valence electrons. The van der Waals surface area contributed by atoms with Crippen LogP contribution in [0.4, 0.5) is 13.2 Å². The minimum Gasteiger partial charge on any atom is -0.385 e. The van der Waals surface area contributed by atoms with Gasteiger partial charge < -0.3 is 9.67 Å². The van der Waals surface area contributed by atoms with Crippen molar-refractivity contribution in [1.82, 2.24) is 9.55 Å². The highest BCUT2D eigenvalue weighted by Crippen LogP contribution is 2.30. The number of aliphatic hydroxyl groups excluding tert-OH is 1. The third-order valence-electron chi connectivity index (χ3n) is 3.30. The first-order chi connectivity index (χ1) is 10.7. The summed E-state index contributed by atoms with van der Waals surface area (Å²) in [6.45, 7) is 1.87. The van der Waals surface area contributed by atoms with E-state index in [1.807, 2.05) is 0 Å². The molecule has 2 aromatic rings. The maximum Gasteiger partial charge on any atom is 0.501 e. The maximum atomic E-state index is 12.6. The third-order valence-corrected chi connectivity index (χ3v) is 4.78. The Morgan fingerprint density at radius 3 is 2.65 bits per heavy atom. The molecular weight excluding hydrogens is 333 g/mol. The SMILES string of the molecule is CCC(O)c1nccn1Cc1cccc(S(=O)(=O)C(F)(F)F)c1. The normalized spacial score (nSPS) is 14.0. The summed E-state index contributed by atoms with van der Waals surface area (Å²) < 4.78 is 62.3. The monoisotopic (exact) mass is 348 g/mol. The molecule has 1 heterocycles. The van der Waals surface area contributed by atoms with Gasteiger partial charge in [0.05, 0.1) is 4.90 Å². The van der Waals surface area contributed by atoms with Gasteiger partial charge in [0.2, 0.25) is 0 Å². The zero-order chi connectivity index (χ0) is 17.3. The molecule has 5 nitrogen and oxygen atoms in total. The molecule has 1 aromatic carbocycles. The Bertz CT molecular complexity index is 785. The van der Waals surface area contributed by atoms with E-state index in [-0.39, 0.29) is 6.54 Å². The number of aliphatic hydroxyl groups is 1. The summed E-state index contributed by atoms with van der Waals surface area (Å²) in [6.07, 6.45) is 2.66. The molecule has 0 saturated carbocycles. The van der Waals surface area contributed by atoms with Crippen molar-refractivity contribution in [2.75, 3.05) is 0 Å². The Balaban J connectivity index is 2.34. The Morgan fingerprint density at radius 2 is 2.04 bits per heavy atom. The summed E-state index contributed by atoms with van der Waals surface area (Å²) in [4.78, 5) is 3.20. The van der Waals surface area contributed by atoms with Crippen LogP contribution in [0.15, 0.2) is 41.6 Å². The van der Waals surface area contributed by atoms with E-state index in [0.29, 0.717) is 17.8 Å². The molecule has 1 aromatic heterocycles. The van der Waals surface area contributed by atoms with Gasteiger partial charge in [0, 0.05) is 18.9 Å². The Hall–Kier alpha value is -1.87. The van der Waals surface area contributed by atoms with Gasteiger partial charge >= 0.3 is 5.51 Å². The van der Waals surface area contributed by atoms with E-state index in [9.17, 15) is 26.7 Å². The summed E-state index contributed by atoms with van der Waals surface area (Å²) in [6, 6.07) is 4.64. The zero-order valence-corrected chi connectivity index (χ0v) is 13.0. The second-order valence-electron chi connectivity index (χ2n) is 4.93. The molecule has 0 radical (unpaired) electrons. The maximum absolute atomic E-state index is 12.6. The number of nitrogens with zero attached hydrogens (tertiary/aromatic N) is 2. The van der Waals surface area contributed by atoms with Crippen molar-refractivity contribution in [3.05, 3.63) is 48.0 Å². The van der Waals surface area contributed by atoms with Crippen molar-refractivity contribution in [1.29, 1.82) is 0 Å². The summed E-state index contributed by atoms with van der Waals surface area (Å²) in [5.41, 5.74) is -4.98. The van der Waals surface area contributed by atoms with E-state index in [1.165, 1.54) is 18.3 Å². The number of halogens is 3. The first-order valence-electron chi connectivity index (χ1n) is 6.76. The van der Waals surface area contributed by atoms with Crippen molar-refractivity contribution < 1.29 is 26.7 Å². The molecule has 0 fully saturated rings. The lowest BCUT2D eigenvalue weighted by molar-refractivity contribution is -0.0436. The van der Waals surface area contributed by atoms with Gasteiger partial charge in [-0.25, -0.2) is 13.4 Å². The number of imidazole rings is 1. The number of sulfone groups is 1. The van der Waals surface area contributed by atoms with Crippen LogP contribution in [0, 0.1) is 0 Å². The highest BCUT2D eigenvalue weighted by Gasteiger charge is 2.46. The Morgan fingerprint density at radius 1 is 1.35 bits per heavy atom. The average Bonchev–Trinajstić information content (AvgIpc) is 2.93. The van der Waals surface area contributed by atoms with Crippen LogP contribution in [0.25, 0.3) is 0 Å². The van der Waals surface area contributed by atoms with Crippen molar-refractivity contribution in [3.8, 4) is 0 Å². The minimum atomic E-state index is -5.38. The molecule has 1 unspecified atom stereocenters. The number of benzene rings is 1. The van der Waals surface area contributed by atoms with Gasteiger partial charge in [-0.1, -0.05) is 19.1 Å². The van der Waals surface area contributed by atoms with Gasteiger partial charge in [-0.2, -0.15) is 13.2 Å². The van der Waals surface area contributed by atoms with Crippen LogP contribution in [-0.2, 0) is 16.4 Å². The molecule has 0 spiro atoms. The lowest BCUT2D eigenvalue weighted by atomic mass is 10.2. The van der Waals surface area contributed by atoms with Gasteiger partial charge in [0.1, 0.15) is 11.9 Å². The van der Waals surface area contributed by atoms with Gasteiger partial charge in [-0.15, -0.1) is 0 Å². The number of hydrogen-bond acceptors (Lipinski definition) is 4. The molecule has 0 amide bonds. The van der Waals surface area contributed by atoms with Crippen LogP contribution in [0.3, 0.4) is 0 Å². The molecule has 9 heteroatoms. The van der Waals surface area contributed by atoms with E-state index in [2.05, 4.69) is 4.98 Å². The van der Waals surface area contributed by atoms with E-state index in [4.69, 9.17) is 0 Å². The standard InChI is InChI=1S/C14H15F3N2O3S/c1-2-12(20)13-18-6-7-19(13)9-10-4-3-5-11(8-10)23(21,22)14(15,16)17/h3-8,12,20H,2,9H2,1H3. The number of rotatable bonds is 5. The zero-order valence-electron chi connectivity index (χ0n) is 12.2. The molecule has 2 rings (SSSR count).